The smallest absolute Gasteiger partial charge is 0.211 e. The lowest BCUT2D eigenvalue weighted by molar-refractivity contribution is -0.117. The third-order valence-electron chi connectivity index (χ3n) is 2.14. The summed E-state index contributed by atoms with van der Waals surface area (Å²) in [4.78, 5) is 10.8. The summed E-state index contributed by atoms with van der Waals surface area (Å²) in [5.74, 6) is 0.486. The molecule has 15 heavy (non-hydrogen) atoms. The SMILES string of the molecule is CC(=O)CCN(CCC(C)C)S(C)(=O)=O. The fourth-order valence-electron chi connectivity index (χ4n) is 1.13. The molecule has 0 fully saturated rings. The predicted octanol–water partition coefficient (Wildman–Crippen LogP) is 1.27. The second kappa shape index (κ2) is 6.23. The Hall–Kier alpha value is -0.420. The molecule has 0 saturated heterocycles. The van der Waals surface area contributed by atoms with Gasteiger partial charge in [0.1, 0.15) is 5.78 Å². The quantitative estimate of drug-likeness (QED) is 0.668. The molecule has 0 radical (unpaired) electrons. The zero-order valence-corrected chi connectivity index (χ0v) is 10.8. The number of sulfonamides is 1. The first-order valence-corrected chi connectivity index (χ1v) is 7.03. The molecule has 0 aromatic carbocycles. The molecule has 0 amide bonds. The van der Waals surface area contributed by atoms with Crippen LogP contribution in [0.5, 0.6) is 0 Å². The van der Waals surface area contributed by atoms with Crippen LogP contribution < -0.4 is 0 Å². The van der Waals surface area contributed by atoms with Gasteiger partial charge in [0.05, 0.1) is 6.26 Å². The van der Waals surface area contributed by atoms with Crippen molar-refractivity contribution in [1.29, 1.82) is 0 Å². The first-order chi connectivity index (χ1) is 6.73. The first kappa shape index (κ1) is 14.6. The fourth-order valence-corrected chi connectivity index (χ4v) is 1.99. The van der Waals surface area contributed by atoms with Gasteiger partial charge < -0.3 is 0 Å². The summed E-state index contributed by atoms with van der Waals surface area (Å²) >= 11 is 0. The minimum absolute atomic E-state index is 0.0215. The van der Waals surface area contributed by atoms with Gasteiger partial charge in [-0.05, 0) is 19.3 Å². The van der Waals surface area contributed by atoms with Crippen molar-refractivity contribution in [3.05, 3.63) is 0 Å². The van der Waals surface area contributed by atoms with E-state index in [0.29, 0.717) is 25.4 Å². The molecule has 5 heteroatoms. The van der Waals surface area contributed by atoms with Crippen molar-refractivity contribution in [2.45, 2.75) is 33.6 Å². The third kappa shape index (κ3) is 7.50. The summed E-state index contributed by atoms with van der Waals surface area (Å²) in [7, 11) is -3.18. The molecule has 90 valence electrons. The molecule has 0 aliphatic rings. The van der Waals surface area contributed by atoms with Crippen molar-refractivity contribution in [3.8, 4) is 0 Å². The Morgan fingerprint density at radius 1 is 1.27 bits per heavy atom. The summed E-state index contributed by atoms with van der Waals surface area (Å²) in [6.45, 7) is 6.38. The maximum Gasteiger partial charge on any atom is 0.211 e. The van der Waals surface area contributed by atoms with E-state index in [1.165, 1.54) is 17.5 Å². The van der Waals surface area contributed by atoms with E-state index in [-0.39, 0.29) is 5.78 Å². The number of hydrogen-bond donors (Lipinski definition) is 0. The average molecular weight is 235 g/mol. The van der Waals surface area contributed by atoms with Crippen LogP contribution >= 0.6 is 0 Å². The van der Waals surface area contributed by atoms with Gasteiger partial charge in [-0.3, -0.25) is 4.79 Å². The molecule has 0 atom stereocenters. The number of rotatable bonds is 7. The second-order valence-electron chi connectivity index (χ2n) is 4.30. The number of ketones is 1. The van der Waals surface area contributed by atoms with E-state index in [1.54, 1.807) is 0 Å². The minimum atomic E-state index is -3.18. The van der Waals surface area contributed by atoms with Crippen LogP contribution in [0.1, 0.15) is 33.6 Å². The minimum Gasteiger partial charge on any atom is -0.300 e. The van der Waals surface area contributed by atoms with Gasteiger partial charge in [0.15, 0.2) is 0 Å². The van der Waals surface area contributed by atoms with Gasteiger partial charge >= 0.3 is 0 Å². The highest BCUT2D eigenvalue weighted by molar-refractivity contribution is 7.88. The number of hydrogen-bond acceptors (Lipinski definition) is 3. The fraction of sp³-hybridized carbons (Fsp3) is 0.900. The highest BCUT2D eigenvalue weighted by Crippen LogP contribution is 2.06. The highest BCUT2D eigenvalue weighted by atomic mass is 32.2. The number of Topliss-reactive ketones (excluding diaryl/α,β-unsaturated/α-hetero) is 1. The zero-order valence-electron chi connectivity index (χ0n) is 9.99. The summed E-state index contributed by atoms with van der Waals surface area (Å²) in [5.41, 5.74) is 0. The first-order valence-electron chi connectivity index (χ1n) is 5.18. The van der Waals surface area contributed by atoms with Gasteiger partial charge in [-0.2, -0.15) is 0 Å². The van der Waals surface area contributed by atoms with E-state index in [2.05, 4.69) is 0 Å². The van der Waals surface area contributed by atoms with Gasteiger partial charge in [-0.1, -0.05) is 13.8 Å². The Morgan fingerprint density at radius 3 is 2.13 bits per heavy atom. The Kier molecular flexibility index (Phi) is 6.05. The third-order valence-corrected chi connectivity index (χ3v) is 3.44. The van der Waals surface area contributed by atoms with Gasteiger partial charge in [0, 0.05) is 19.5 Å². The van der Waals surface area contributed by atoms with E-state index >= 15 is 0 Å². The number of carbonyl (C=O) groups excluding carboxylic acids is 1. The van der Waals surface area contributed by atoms with E-state index < -0.39 is 10.0 Å². The van der Waals surface area contributed by atoms with Crippen molar-refractivity contribution < 1.29 is 13.2 Å². The van der Waals surface area contributed by atoms with Crippen molar-refractivity contribution in [3.63, 3.8) is 0 Å². The van der Waals surface area contributed by atoms with E-state index in [0.717, 1.165) is 6.42 Å². The van der Waals surface area contributed by atoms with Crippen LogP contribution in [0.3, 0.4) is 0 Å². The Balaban J connectivity index is 4.27. The molecule has 0 aliphatic carbocycles. The summed E-state index contributed by atoms with van der Waals surface area (Å²) in [6.07, 6.45) is 2.31. The second-order valence-corrected chi connectivity index (χ2v) is 6.28. The maximum atomic E-state index is 11.4. The maximum absolute atomic E-state index is 11.4. The van der Waals surface area contributed by atoms with E-state index in [9.17, 15) is 13.2 Å². The van der Waals surface area contributed by atoms with Crippen molar-refractivity contribution in [2.75, 3.05) is 19.3 Å². The molecule has 0 rings (SSSR count). The predicted molar refractivity (Wildman–Crippen MR) is 61.2 cm³/mol. The molecular weight excluding hydrogens is 214 g/mol. The molecule has 0 unspecified atom stereocenters. The summed E-state index contributed by atoms with van der Waals surface area (Å²) in [5, 5.41) is 0. The number of carbonyl (C=O) groups is 1. The monoisotopic (exact) mass is 235 g/mol. The lowest BCUT2D eigenvalue weighted by atomic mass is 10.1. The molecule has 0 heterocycles. The topological polar surface area (TPSA) is 54.5 Å². The van der Waals surface area contributed by atoms with Crippen LogP contribution in [0, 0.1) is 5.92 Å². The van der Waals surface area contributed by atoms with Gasteiger partial charge in [0.2, 0.25) is 10.0 Å². The summed E-state index contributed by atoms with van der Waals surface area (Å²) in [6, 6.07) is 0. The number of nitrogens with zero attached hydrogens (tertiary/aromatic N) is 1. The molecule has 0 N–H and O–H groups in total. The van der Waals surface area contributed by atoms with Crippen LogP contribution in [0.4, 0.5) is 0 Å². The molecule has 4 nitrogen and oxygen atoms in total. The largest absolute Gasteiger partial charge is 0.300 e. The molecule has 0 aliphatic heterocycles. The zero-order chi connectivity index (χ0) is 12.1. The standard InChI is InChI=1S/C10H21NO3S/c1-9(2)5-7-11(15(4,13)14)8-6-10(3)12/h9H,5-8H2,1-4H3. The van der Waals surface area contributed by atoms with Crippen molar-refractivity contribution in [2.24, 2.45) is 5.92 Å². The van der Waals surface area contributed by atoms with Crippen molar-refractivity contribution >= 4 is 15.8 Å². The van der Waals surface area contributed by atoms with Crippen LogP contribution in [0.15, 0.2) is 0 Å². The van der Waals surface area contributed by atoms with Gasteiger partial charge in [0.25, 0.3) is 0 Å². The van der Waals surface area contributed by atoms with Crippen LogP contribution in [0.2, 0.25) is 0 Å². The van der Waals surface area contributed by atoms with E-state index in [1.807, 2.05) is 13.8 Å². The van der Waals surface area contributed by atoms with E-state index in [4.69, 9.17) is 0 Å². The lowest BCUT2D eigenvalue weighted by Gasteiger charge is -2.20. The normalized spacial score (nSPS) is 12.4. The molecule has 0 aromatic heterocycles. The van der Waals surface area contributed by atoms with Crippen molar-refractivity contribution in [1.82, 2.24) is 4.31 Å². The van der Waals surface area contributed by atoms with Crippen LogP contribution in [0.25, 0.3) is 0 Å². The lowest BCUT2D eigenvalue weighted by Crippen LogP contribution is -2.33. The summed E-state index contributed by atoms with van der Waals surface area (Å²) < 4.78 is 24.1. The molecule has 0 bridgehead atoms. The molecule has 0 aromatic rings. The average Bonchev–Trinajstić information content (AvgIpc) is 2.00. The van der Waals surface area contributed by atoms with Crippen LogP contribution in [-0.4, -0.2) is 37.9 Å². The Bertz CT molecular complexity index is 296. The van der Waals surface area contributed by atoms with Gasteiger partial charge in [-0.15, -0.1) is 0 Å². The highest BCUT2D eigenvalue weighted by Gasteiger charge is 2.16. The Morgan fingerprint density at radius 2 is 1.80 bits per heavy atom. The molecule has 0 saturated carbocycles. The molecule has 0 spiro atoms. The van der Waals surface area contributed by atoms with Gasteiger partial charge in [-0.25, -0.2) is 12.7 Å². The Labute approximate surface area is 92.7 Å². The van der Waals surface area contributed by atoms with Crippen LogP contribution in [-0.2, 0) is 14.8 Å². The molecular formula is C10H21NO3S.